The number of para-hydroxylation sites is 1. The van der Waals surface area contributed by atoms with Crippen LogP contribution in [0.2, 0.25) is 0 Å². The van der Waals surface area contributed by atoms with E-state index >= 15 is 0 Å². The molecule has 2 aromatic carbocycles. The molecule has 5 nitrogen and oxygen atoms in total. The van der Waals surface area contributed by atoms with Crippen LogP contribution in [0.5, 0.6) is 5.75 Å². The van der Waals surface area contributed by atoms with E-state index in [1.807, 2.05) is 44.4 Å². The summed E-state index contributed by atoms with van der Waals surface area (Å²) < 4.78 is 6.88. The average molecular weight is 426 g/mol. The Morgan fingerprint density at radius 3 is 2.50 bits per heavy atom. The summed E-state index contributed by atoms with van der Waals surface area (Å²) in [5.41, 5.74) is 2.74. The molecule has 3 rings (SSSR count). The highest BCUT2D eigenvalue weighted by molar-refractivity contribution is 7.22. The van der Waals surface area contributed by atoms with Gasteiger partial charge in [-0.25, -0.2) is 4.98 Å². The monoisotopic (exact) mass is 425 g/mol. The number of unbranched alkanes of at least 4 members (excludes halogenated alkanes) is 2. The van der Waals surface area contributed by atoms with Crippen molar-refractivity contribution < 1.29 is 9.53 Å². The molecule has 30 heavy (non-hydrogen) atoms. The topological polar surface area (TPSA) is 45.7 Å². The molecule has 1 aromatic heterocycles. The minimum Gasteiger partial charge on any atom is -0.494 e. The maximum absolute atomic E-state index is 13.4. The van der Waals surface area contributed by atoms with Crippen LogP contribution in [0.1, 0.15) is 42.1 Å². The SMILES string of the molecule is CCCCCOc1ccc(C(=O)N(CCN(C)C)c2nc3c(C)cccc3s2)cc1. The Balaban J connectivity index is 1.80. The van der Waals surface area contributed by atoms with E-state index in [9.17, 15) is 4.79 Å². The molecular weight excluding hydrogens is 394 g/mol. The van der Waals surface area contributed by atoms with Gasteiger partial charge in [0.2, 0.25) is 0 Å². The van der Waals surface area contributed by atoms with Gasteiger partial charge in [0.25, 0.3) is 5.91 Å². The number of aromatic nitrogens is 1. The lowest BCUT2D eigenvalue weighted by Gasteiger charge is -2.22. The summed E-state index contributed by atoms with van der Waals surface area (Å²) in [6, 6.07) is 13.6. The number of fused-ring (bicyclic) bond motifs is 1. The number of carbonyl (C=O) groups excluding carboxylic acids is 1. The van der Waals surface area contributed by atoms with Gasteiger partial charge in [0.1, 0.15) is 5.75 Å². The molecule has 3 aromatic rings. The van der Waals surface area contributed by atoms with Gasteiger partial charge in [-0.2, -0.15) is 0 Å². The molecule has 1 amide bonds. The Hall–Kier alpha value is -2.44. The van der Waals surface area contributed by atoms with Crippen LogP contribution < -0.4 is 9.64 Å². The van der Waals surface area contributed by atoms with Crippen molar-refractivity contribution in [2.45, 2.75) is 33.1 Å². The zero-order chi connectivity index (χ0) is 21.5. The Morgan fingerprint density at radius 2 is 1.83 bits per heavy atom. The van der Waals surface area contributed by atoms with Crippen molar-refractivity contribution >= 4 is 32.6 Å². The first kappa shape index (κ1) is 22.2. The molecule has 0 radical (unpaired) electrons. The predicted molar refractivity (Wildman–Crippen MR) is 126 cm³/mol. The third-order valence-electron chi connectivity index (χ3n) is 4.97. The van der Waals surface area contributed by atoms with Crippen LogP contribution >= 0.6 is 11.3 Å². The number of likely N-dealkylation sites (N-methyl/N-ethyl adjacent to an activating group) is 1. The first-order valence-corrected chi connectivity index (χ1v) is 11.4. The fraction of sp³-hybridized carbons (Fsp3) is 0.417. The van der Waals surface area contributed by atoms with Crippen molar-refractivity contribution in [1.82, 2.24) is 9.88 Å². The van der Waals surface area contributed by atoms with Gasteiger partial charge in [-0.1, -0.05) is 43.2 Å². The normalized spacial score (nSPS) is 11.2. The molecule has 1 heterocycles. The Labute approximate surface area is 183 Å². The fourth-order valence-corrected chi connectivity index (χ4v) is 4.23. The first-order valence-electron chi connectivity index (χ1n) is 10.5. The summed E-state index contributed by atoms with van der Waals surface area (Å²) in [7, 11) is 4.02. The highest BCUT2D eigenvalue weighted by Gasteiger charge is 2.22. The quantitative estimate of drug-likeness (QED) is 0.409. The third kappa shape index (κ3) is 5.58. The molecule has 0 bridgehead atoms. The maximum Gasteiger partial charge on any atom is 0.260 e. The van der Waals surface area contributed by atoms with Crippen LogP contribution in [0, 0.1) is 6.92 Å². The van der Waals surface area contributed by atoms with Gasteiger partial charge in [-0.05, 0) is 63.3 Å². The second-order valence-electron chi connectivity index (χ2n) is 7.76. The molecule has 0 saturated heterocycles. The van der Waals surface area contributed by atoms with E-state index in [2.05, 4.69) is 30.9 Å². The van der Waals surface area contributed by atoms with Crippen molar-refractivity contribution in [2.75, 3.05) is 38.7 Å². The lowest BCUT2D eigenvalue weighted by atomic mass is 10.2. The van der Waals surface area contributed by atoms with Crippen molar-refractivity contribution in [3.05, 3.63) is 53.6 Å². The third-order valence-corrected chi connectivity index (χ3v) is 6.02. The molecule has 6 heteroatoms. The molecular formula is C24H31N3O2S. The number of rotatable bonds is 10. The zero-order valence-corrected chi connectivity index (χ0v) is 19.2. The molecule has 0 unspecified atom stereocenters. The minimum absolute atomic E-state index is 0.0360. The van der Waals surface area contributed by atoms with Crippen LogP contribution in [-0.2, 0) is 0 Å². The number of aryl methyl sites for hydroxylation is 1. The van der Waals surface area contributed by atoms with Crippen LogP contribution in [0.4, 0.5) is 5.13 Å². The molecule has 160 valence electrons. The number of anilines is 1. The molecule has 0 aliphatic heterocycles. The number of hydrogen-bond donors (Lipinski definition) is 0. The predicted octanol–water partition coefficient (Wildman–Crippen LogP) is 5.38. The van der Waals surface area contributed by atoms with Crippen molar-refractivity contribution in [3.8, 4) is 5.75 Å². The molecule has 0 spiro atoms. The Bertz CT molecular complexity index is 966. The number of hydrogen-bond acceptors (Lipinski definition) is 5. The number of amides is 1. The number of benzene rings is 2. The van der Waals surface area contributed by atoms with E-state index in [-0.39, 0.29) is 5.91 Å². The highest BCUT2D eigenvalue weighted by Crippen LogP contribution is 2.31. The van der Waals surface area contributed by atoms with E-state index in [1.165, 1.54) is 12.8 Å². The molecule has 0 N–H and O–H groups in total. The van der Waals surface area contributed by atoms with E-state index in [1.54, 1.807) is 16.2 Å². The molecule has 0 aliphatic rings. The lowest BCUT2D eigenvalue weighted by Crippen LogP contribution is -2.36. The number of ether oxygens (including phenoxy) is 1. The van der Waals surface area contributed by atoms with E-state index in [0.717, 1.165) is 39.6 Å². The van der Waals surface area contributed by atoms with Crippen LogP contribution in [0.15, 0.2) is 42.5 Å². The van der Waals surface area contributed by atoms with Crippen molar-refractivity contribution in [2.24, 2.45) is 0 Å². The Kier molecular flexibility index (Phi) is 7.82. The van der Waals surface area contributed by atoms with E-state index < -0.39 is 0 Å². The summed E-state index contributed by atoms with van der Waals surface area (Å²) in [6.45, 7) is 6.28. The highest BCUT2D eigenvalue weighted by atomic mass is 32.1. The zero-order valence-electron chi connectivity index (χ0n) is 18.4. The standard InChI is InChI=1S/C24H31N3O2S/c1-5-6-7-17-29-20-13-11-19(12-14-20)23(28)27(16-15-26(3)4)24-25-22-18(2)9-8-10-21(22)30-24/h8-14H,5-7,15-17H2,1-4H3. The summed E-state index contributed by atoms with van der Waals surface area (Å²) in [5.74, 6) is 0.768. The largest absolute Gasteiger partial charge is 0.494 e. The van der Waals surface area contributed by atoms with Crippen LogP contribution in [0.25, 0.3) is 10.2 Å². The van der Waals surface area contributed by atoms with Gasteiger partial charge >= 0.3 is 0 Å². The van der Waals surface area contributed by atoms with Crippen LogP contribution in [0.3, 0.4) is 0 Å². The smallest absolute Gasteiger partial charge is 0.260 e. The van der Waals surface area contributed by atoms with Gasteiger partial charge in [-0.15, -0.1) is 0 Å². The Morgan fingerprint density at radius 1 is 1.07 bits per heavy atom. The van der Waals surface area contributed by atoms with Crippen molar-refractivity contribution in [1.29, 1.82) is 0 Å². The second kappa shape index (κ2) is 10.5. The van der Waals surface area contributed by atoms with Gasteiger partial charge in [0, 0.05) is 18.7 Å². The number of nitrogens with zero attached hydrogens (tertiary/aromatic N) is 3. The van der Waals surface area contributed by atoms with Gasteiger partial charge in [0.05, 0.1) is 16.8 Å². The van der Waals surface area contributed by atoms with Gasteiger partial charge in [-0.3, -0.25) is 9.69 Å². The average Bonchev–Trinajstić information content (AvgIpc) is 3.17. The maximum atomic E-state index is 13.4. The molecule has 0 fully saturated rings. The number of thiazole rings is 1. The summed E-state index contributed by atoms with van der Waals surface area (Å²) >= 11 is 1.56. The summed E-state index contributed by atoms with van der Waals surface area (Å²) in [5, 5.41) is 0.742. The van der Waals surface area contributed by atoms with Gasteiger partial charge in [0.15, 0.2) is 5.13 Å². The molecule has 0 aliphatic carbocycles. The van der Waals surface area contributed by atoms with Crippen molar-refractivity contribution in [3.63, 3.8) is 0 Å². The lowest BCUT2D eigenvalue weighted by molar-refractivity contribution is 0.0985. The van der Waals surface area contributed by atoms with Crippen LogP contribution in [-0.4, -0.2) is 49.6 Å². The molecule has 0 atom stereocenters. The summed E-state index contributed by atoms with van der Waals surface area (Å²) in [4.78, 5) is 22.0. The van der Waals surface area contributed by atoms with E-state index in [4.69, 9.17) is 9.72 Å². The van der Waals surface area contributed by atoms with Gasteiger partial charge < -0.3 is 9.64 Å². The summed E-state index contributed by atoms with van der Waals surface area (Å²) in [6.07, 6.45) is 3.39. The first-order chi connectivity index (χ1) is 14.5. The fourth-order valence-electron chi connectivity index (χ4n) is 3.17. The molecule has 0 saturated carbocycles. The van der Waals surface area contributed by atoms with E-state index in [0.29, 0.717) is 18.7 Å². The second-order valence-corrected chi connectivity index (χ2v) is 8.77. The minimum atomic E-state index is -0.0360. The number of carbonyl (C=O) groups is 1.